The third kappa shape index (κ3) is 2.46. The first-order chi connectivity index (χ1) is 8.60. The molecule has 6 heteroatoms. The summed E-state index contributed by atoms with van der Waals surface area (Å²) in [7, 11) is 0. The van der Waals surface area contributed by atoms with Gasteiger partial charge in [0, 0.05) is 12.1 Å². The minimum absolute atomic E-state index is 0.0592. The van der Waals surface area contributed by atoms with E-state index in [-0.39, 0.29) is 18.0 Å². The van der Waals surface area contributed by atoms with E-state index in [2.05, 4.69) is 5.32 Å². The molecular weight excluding hydrogens is 245 g/mol. The number of furan rings is 1. The number of nitrogens with zero attached hydrogens (tertiary/aromatic N) is 1. The summed E-state index contributed by atoms with van der Waals surface area (Å²) in [4.78, 5) is 0. The number of hydrogen-bond donors (Lipinski definition) is 1. The van der Waals surface area contributed by atoms with Crippen LogP contribution in [0.1, 0.15) is 11.5 Å². The highest BCUT2D eigenvalue weighted by Crippen LogP contribution is 2.19. The van der Waals surface area contributed by atoms with Crippen LogP contribution in [0.15, 0.2) is 28.7 Å². The molecule has 0 aliphatic rings. The number of hydrogen-bond acceptors (Lipinski definition) is 3. The monoisotopic (exact) mass is 252 g/mol. The third-order valence-corrected chi connectivity index (χ3v) is 2.23. The Hall–Kier alpha value is -2.42. The number of benzene rings is 1. The van der Waals surface area contributed by atoms with Gasteiger partial charge in [-0.2, -0.15) is 5.26 Å². The molecule has 0 saturated carbocycles. The molecule has 0 amide bonds. The molecule has 92 valence electrons. The summed E-state index contributed by atoms with van der Waals surface area (Å²) in [6.07, 6.45) is 0. The Labute approximate surface area is 100 Å². The molecule has 0 aliphatic carbocycles. The van der Waals surface area contributed by atoms with Crippen LogP contribution in [0.4, 0.5) is 18.9 Å². The summed E-state index contributed by atoms with van der Waals surface area (Å²) in [6.45, 7) is 0.0592. The van der Waals surface area contributed by atoms with E-state index < -0.39 is 17.5 Å². The lowest BCUT2D eigenvalue weighted by molar-refractivity contribution is 0.493. The molecule has 1 aromatic carbocycles. The Morgan fingerprint density at radius 3 is 2.50 bits per heavy atom. The van der Waals surface area contributed by atoms with Crippen LogP contribution in [0, 0.1) is 28.8 Å². The minimum atomic E-state index is -1.25. The maximum atomic E-state index is 13.3. The molecule has 0 atom stereocenters. The lowest BCUT2D eigenvalue weighted by Crippen LogP contribution is -2.02. The fourth-order valence-corrected chi connectivity index (χ4v) is 1.37. The van der Waals surface area contributed by atoms with Crippen LogP contribution in [0.5, 0.6) is 0 Å². The summed E-state index contributed by atoms with van der Waals surface area (Å²) in [5.41, 5.74) is -0.177. The van der Waals surface area contributed by atoms with E-state index in [0.717, 1.165) is 6.07 Å². The zero-order chi connectivity index (χ0) is 13.1. The average molecular weight is 252 g/mol. The van der Waals surface area contributed by atoms with Crippen molar-refractivity contribution >= 4 is 5.69 Å². The van der Waals surface area contributed by atoms with Gasteiger partial charge in [0.25, 0.3) is 0 Å². The first-order valence-corrected chi connectivity index (χ1v) is 4.97. The summed E-state index contributed by atoms with van der Waals surface area (Å²) in [5, 5.41) is 11.1. The molecule has 0 aliphatic heterocycles. The van der Waals surface area contributed by atoms with Gasteiger partial charge in [-0.05, 0) is 12.1 Å². The number of halogens is 3. The largest absolute Gasteiger partial charge is 0.449 e. The molecule has 18 heavy (non-hydrogen) atoms. The predicted molar refractivity (Wildman–Crippen MR) is 57.1 cm³/mol. The summed E-state index contributed by atoms with van der Waals surface area (Å²) in [6, 6.07) is 5.96. The molecule has 0 saturated heterocycles. The number of nitriles is 1. The van der Waals surface area contributed by atoms with E-state index >= 15 is 0 Å². The quantitative estimate of drug-likeness (QED) is 0.853. The van der Waals surface area contributed by atoms with Crippen LogP contribution in [-0.2, 0) is 6.54 Å². The number of rotatable bonds is 3. The van der Waals surface area contributed by atoms with E-state index in [0.29, 0.717) is 11.8 Å². The van der Waals surface area contributed by atoms with Gasteiger partial charge < -0.3 is 9.73 Å². The first-order valence-electron chi connectivity index (χ1n) is 4.97. The Bertz CT molecular complexity index is 616. The Balaban J connectivity index is 2.11. The molecule has 2 rings (SSSR count). The molecule has 0 spiro atoms. The van der Waals surface area contributed by atoms with E-state index in [1.807, 2.05) is 0 Å². The smallest absolute Gasteiger partial charge is 0.203 e. The minimum Gasteiger partial charge on any atom is -0.449 e. The van der Waals surface area contributed by atoms with E-state index in [9.17, 15) is 13.2 Å². The van der Waals surface area contributed by atoms with Crippen molar-refractivity contribution in [3.63, 3.8) is 0 Å². The van der Waals surface area contributed by atoms with Crippen molar-refractivity contribution in [2.75, 3.05) is 5.32 Å². The van der Waals surface area contributed by atoms with E-state index in [4.69, 9.17) is 9.68 Å². The van der Waals surface area contributed by atoms with Gasteiger partial charge in [-0.1, -0.05) is 0 Å². The van der Waals surface area contributed by atoms with Crippen molar-refractivity contribution in [2.45, 2.75) is 6.54 Å². The van der Waals surface area contributed by atoms with Gasteiger partial charge in [-0.15, -0.1) is 0 Å². The van der Waals surface area contributed by atoms with Crippen LogP contribution in [0.3, 0.4) is 0 Å². The zero-order valence-corrected chi connectivity index (χ0v) is 9.01. The maximum absolute atomic E-state index is 13.3. The number of anilines is 1. The highest BCUT2D eigenvalue weighted by Gasteiger charge is 2.10. The first kappa shape index (κ1) is 12.0. The van der Waals surface area contributed by atoms with Crippen molar-refractivity contribution < 1.29 is 17.6 Å². The van der Waals surface area contributed by atoms with Gasteiger partial charge >= 0.3 is 0 Å². The molecule has 1 heterocycles. The van der Waals surface area contributed by atoms with Gasteiger partial charge in [0.1, 0.15) is 17.6 Å². The van der Waals surface area contributed by atoms with Gasteiger partial charge in [0.15, 0.2) is 11.6 Å². The second kappa shape index (κ2) is 4.84. The summed E-state index contributed by atoms with van der Waals surface area (Å²) in [5.74, 6) is -2.78. The van der Waals surface area contributed by atoms with Crippen molar-refractivity contribution in [3.05, 3.63) is 53.2 Å². The highest BCUT2D eigenvalue weighted by atomic mass is 19.2. The molecule has 0 bridgehead atoms. The van der Waals surface area contributed by atoms with Gasteiger partial charge in [-0.25, -0.2) is 13.2 Å². The van der Waals surface area contributed by atoms with E-state index in [1.54, 1.807) is 6.07 Å². The van der Waals surface area contributed by atoms with Crippen molar-refractivity contribution in [1.82, 2.24) is 0 Å². The van der Waals surface area contributed by atoms with Crippen LogP contribution in [0.2, 0.25) is 0 Å². The molecule has 0 unspecified atom stereocenters. The van der Waals surface area contributed by atoms with Crippen molar-refractivity contribution in [2.24, 2.45) is 0 Å². The lowest BCUT2D eigenvalue weighted by atomic mass is 10.2. The molecule has 1 N–H and O–H groups in total. The molecule has 0 fully saturated rings. The van der Waals surface area contributed by atoms with Crippen LogP contribution in [-0.4, -0.2) is 0 Å². The Morgan fingerprint density at radius 1 is 1.11 bits per heavy atom. The van der Waals surface area contributed by atoms with Crippen LogP contribution >= 0.6 is 0 Å². The SMILES string of the molecule is N#Cc1ccc(CNc2cc(F)c(F)cc2F)o1. The number of nitrogens with one attached hydrogen (secondary N) is 1. The topological polar surface area (TPSA) is 49.0 Å². The zero-order valence-electron chi connectivity index (χ0n) is 9.01. The van der Waals surface area contributed by atoms with Crippen LogP contribution < -0.4 is 5.32 Å². The fraction of sp³-hybridized carbons (Fsp3) is 0.0833. The van der Waals surface area contributed by atoms with Crippen LogP contribution in [0.25, 0.3) is 0 Å². The van der Waals surface area contributed by atoms with Gasteiger partial charge in [0.2, 0.25) is 5.76 Å². The molecule has 0 radical (unpaired) electrons. The summed E-state index contributed by atoms with van der Waals surface area (Å²) < 4.78 is 43.9. The summed E-state index contributed by atoms with van der Waals surface area (Å²) >= 11 is 0. The van der Waals surface area contributed by atoms with E-state index in [1.165, 1.54) is 12.1 Å². The fourth-order valence-electron chi connectivity index (χ4n) is 1.37. The normalized spacial score (nSPS) is 10.1. The Kier molecular flexibility index (Phi) is 3.24. The molecular formula is C12H7F3N2O. The lowest BCUT2D eigenvalue weighted by Gasteiger charge is -2.06. The predicted octanol–water partition coefficient (Wildman–Crippen LogP) is 3.18. The van der Waals surface area contributed by atoms with Gasteiger partial charge in [-0.3, -0.25) is 0 Å². The second-order valence-corrected chi connectivity index (χ2v) is 3.48. The molecule has 2 aromatic rings. The molecule has 3 nitrogen and oxygen atoms in total. The second-order valence-electron chi connectivity index (χ2n) is 3.48. The molecule has 1 aromatic heterocycles. The Morgan fingerprint density at radius 2 is 1.83 bits per heavy atom. The standard InChI is InChI=1S/C12H7F3N2O/c13-9-3-11(15)12(4-10(9)14)17-6-8-2-1-7(5-16)18-8/h1-4,17H,6H2. The van der Waals surface area contributed by atoms with Crippen molar-refractivity contribution in [3.8, 4) is 6.07 Å². The van der Waals surface area contributed by atoms with Crippen molar-refractivity contribution in [1.29, 1.82) is 5.26 Å². The third-order valence-electron chi connectivity index (χ3n) is 2.23. The van der Waals surface area contributed by atoms with Gasteiger partial charge in [0.05, 0.1) is 12.2 Å². The maximum Gasteiger partial charge on any atom is 0.203 e. The highest BCUT2D eigenvalue weighted by molar-refractivity contribution is 5.45. The average Bonchev–Trinajstić information content (AvgIpc) is 2.80.